The van der Waals surface area contributed by atoms with Gasteiger partial charge in [0.2, 0.25) is 0 Å². The summed E-state index contributed by atoms with van der Waals surface area (Å²) in [6, 6.07) is 0. The Morgan fingerprint density at radius 3 is 2.38 bits per heavy atom. The Labute approximate surface area is 99.2 Å². The van der Waals surface area contributed by atoms with Gasteiger partial charge in [0.15, 0.2) is 0 Å². The maximum atomic E-state index is 11.2. The third-order valence-electron chi connectivity index (χ3n) is 2.43. The first-order valence-electron chi connectivity index (χ1n) is 6.43. The van der Waals surface area contributed by atoms with Crippen molar-refractivity contribution < 1.29 is 14.6 Å². The van der Waals surface area contributed by atoms with Crippen LogP contribution in [0.25, 0.3) is 0 Å². The number of aliphatic hydroxyl groups excluding tert-OH is 1. The summed E-state index contributed by atoms with van der Waals surface area (Å²) in [7, 11) is 0. The van der Waals surface area contributed by atoms with Crippen LogP contribution in [0.4, 0.5) is 0 Å². The van der Waals surface area contributed by atoms with Gasteiger partial charge in [-0.15, -0.1) is 0 Å². The topological polar surface area (TPSA) is 46.5 Å². The molecule has 1 atom stereocenters. The van der Waals surface area contributed by atoms with Crippen molar-refractivity contribution >= 4 is 5.97 Å². The molecular weight excluding hydrogens is 204 g/mol. The van der Waals surface area contributed by atoms with Crippen LogP contribution in [0.15, 0.2) is 0 Å². The van der Waals surface area contributed by atoms with Gasteiger partial charge in [-0.05, 0) is 33.1 Å². The summed E-state index contributed by atoms with van der Waals surface area (Å²) in [6.45, 7) is 5.84. The predicted octanol–water partition coefficient (Wildman–Crippen LogP) is 3.05. The van der Waals surface area contributed by atoms with E-state index >= 15 is 0 Å². The van der Waals surface area contributed by atoms with Crippen molar-refractivity contribution in [3.63, 3.8) is 0 Å². The molecule has 0 heterocycles. The molecule has 96 valence electrons. The number of carbonyl (C=O) groups excluding carboxylic acids is 1. The third kappa shape index (κ3) is 9.97. The number of esters is 1. The van der Waals surface area contributed by atoms with Crippen LogP contribution in [-0.2, 0) is 9.53 Å². The van der Waals surface area contributed by atoms with E-state index in [1.54, 1.807) is 0 Å². The third-order valence-corrected chi connectivity index (χ3v) is 2.43. The minimum atomic E-state index is -0.251. The van der Waals surface area contributed by atoms with Gasteiger partial charge in [-0.3, -0.25) is 4.79 Å². The summed E-state index contributed by atoms with van der Waals surface area (Å²) in [5.41, 5.74) is 0. The summed E-state index contributed by atoms with van der Waals surface area (Å²) < 4.78 is 5.01. The zero-order chi connectivity index (χ0) is 12.4. The molecule has 0 aromatic heterocycles. The Balaban J connectivity index is 3.39. The molecule has 0 aliphatic heterocycles. The van der Waals surface area contributed by atoms with E-state index in [1.165, 1.54) is 12.8 Å². The van der Waals surface area contributed by atoms with Crippen LogP contribution in [0, 0.1) is 0 Å². The van der Waals surface area contributed by atoms with Crippen molar-refractivity contribution in [3.8, 4) is 0 Å². The Morgan fingerprint density at radius 1 is 1.19 bits per heavy atom. The zero-order valence-electron chi connectivity index (χ0n) is 10.9. The molecule has 0 saturated heterocycles. The number of hydrogen-bond donors (Lipinski definition) is 1. The number of aliphatic hydroxyl groups is 1. The van der Waals surface area contributed by atoms with Gasteiger partial charge in [-0.1, -0.05) is 26.2 Å². The van der Waals surface area contributed by atoms with E-state index in [0.717, 1.165) is 19.3 Å². The molecule has 0 rings (SSSR count). The average Bonchev–Trinajstić information content (AvgIpc) is 2.17. The fourth-order valence-corrected chi connectivity index (χ4v) is 1.58. The summed E-state index contributed by atoms with van der Waals surface area (Å²) >= 11 is 0. The molecular formula is C13H26O3. The van der Waals surface area contributed by atoms with Crippen molar-refractivity contribution in [2.24, 2.45) is 0 Å². The van der Waals surface area contributed by atoms with Gasteiger partial charge in [0, 0.05) is 6.42 Å². The van der Waals surface area contributed by atoms with E-state index < -0.39 is 0 Å². The highest BCUT2D eigenvalue weighted by Gasteiger charge is 2.08. The van der Waals surface area contributed by atoms with E-state index in [2.05, 4.69) is 6.92 Å². The van der Waals surface area contributed by atoms with E-state index in [9.17, 15) is 9.90 Å². The average molecular weight is 230 g/mol. The molecule has 1 unspecified atom stereocenters. The fourth-order valence-electron chi connectivity index (χ4n) is 1.58. The molecule has 0 fully saturated rings. The second-order valence-electron chi connectivity index (χ2n) is 4.58. The molecule has 0 spiro atoms. The zero-order valence-corrected chi connectivity index (χ0v) is 10.9. The molecule has 0 aliphatic carbocycles. The Bertz CT molecular complexity index is 178. The first-order valence-corrected chi connectivity index (χ1v) is 6.43. The summed E-state index contributed by atoms with van der Waals surface area (Å²) in [4.78, 5) is 11.2. The molecule has 1 N–H and O–H groups in total. The predicted molar refractivity (Wildman–Crippen MR) is 65.2 cm³/mol. The van der Waals surface area contributed by atoms with E-state index in [1.807, 2.05) is 13.8 Å². The smallest absolute Gasteiger partial charge is 0.306 e. The van der Waals surface area contributed by atoms with E-state index in [0.29, 0.717) is 12.8 Å². The molecule has 0 amide bonds. The van der Waals surface area contributed by atoms with Crippen LogP contribution in [0.2, 0.25) is 0 Å². The molecule has 0 saturated carbocycles. The Kier molecular flexibility index (Phi) is 9.30. The number of carbonyl (C=O) groups is 1. The van der Waals surface area contributed by atoms with Gasteiger partial charge >= 0.3 is 5.97 Å². The normalized spacial score (nSPS) is 12.8. The number of rotatable bonds is 9. The van der Waals surface area contributed by atoms with Crippen LogP contribution < -0.4 is 0 Å². The minimum Gasteiger partial charge on any atom is -0.463 e. The largest absolute Gasteiger partial charge is 0.463 e. The van der Waals surface area contributed by atoms with Crippen LogP contribution in [-0.4, -0.2) is 23.3 Å². The standard InChI is InChI=1S/C13H26O3/c1-4-5-6-8-12(14)9-7-10-13(15)16-11(2)3/h11-12,14H,4-10H2,1-3H3. The van der Waals surface area contributed by atoms with Crippen molar-refractivity contribution in [3.05, 3.63) is 0 Å². The van der Waals surface area contributed by atoms with Crippen molar-refractivity contribution in [1.29, 1.82) is 0 Å². The number of hydrogen-bond acceptors (Lipinski definition) is 3. The maximum absolute atomic E-state index is 11.2. The monoisotopic (exact) mass is 230 g/mol. The van der Waals surface area contributed by atoms with Crippen molar-refractivity contribution in [1.82, 2.24) is 0 Å². The van der Waals surface area contributed by atoms with Gasteiger partial charge in [0.25, 0.3) is 0 Å². The maximum Gasteiger partial charge on any atom is 0.306 e. The minimum absolute atomic E-state index is 0.0398. The Hall–Kier alpha value is -0.570. The summed E-state index contributed by atoms with van der Waals surface area (Å²) in [5.74, 6) is -0.157. The van der Waals surface area contributed by atoms with Crippen LogP contribution in [0.1, 0.15) is 65.7 Å². The van der Waals surface area contributed by atoms with Gasteiger partial charge in [-0.2, -0.15) is 0 Å². The molecule has 3 heteroatoms. The van der Waals surface area contributed by atoms with Crippen molar-refractivity contribution in [2.75, 3.05) is 0 Å². The highest BCUT2D eigenvalue weighted by molar-refractivity contribution is 5.69. The fraction of sp³-hybridized carbons (Fsp3) is 0.923. The molecule has 0 aromatic rings. The Morgan fingerprint density at radius 2 is 1.81 bits per heavy atom. The van der Waals surface area contributed by atoms with E-state index in [-0.39, 0.29) is 18.2 Å². The number of unbranched alkanes of at least 4 members (excludes halogenated alkanes) is 2. The van der Waals surface area contributed by atoms with Crippen LogP contribution in [0.5, 0.6) is 0 Å². The second kappa shape index (κ2) is 9.64. The van der Waals surface area contributed by atoms with Gasteiger partial charge in [-0.25, -0.2) is 0 Å². The first-order chi connectivity index (χ1) is 7.56. The summed E-state index contributed by atoms with van der Waals surface area (Å²) in [6.07, 6.45) is 5.83. The van der Waals surface area contributed by atoms with Crippen LogP contribution >= 0.6 is 0 Å². The van der Waals surface area contributed by atoms with Crippen LogP contribution in [0.3, 0.4) is 0 Å². The summed E-state index contributed by atoms with van der Waals surface area (Å²) in [5, 5.41) is 9.62. The number of ether oxygens (including phenoxy) is 1. The molecule has 0 aliphatic rings. The van der Waals surface area contributed by atoms with Gasteiger partial charge < -0.3 is 9.84 Å². The van der Waals surface area contributed by atoms with Gasteiger partial charge in [0.1, 0.15) is 0 Å². The molecule has 0 bridgehead atoms. The molecule has 0 aromatic carbocycles. The highest BCUT2D eigenvalue weighted by atomic mass is 16.5. The first kappa shape index (κ1) is 15.4. The lowest BCUT2D eigenvalue weighted by Crippen LogP contribution is -2.12. The van der Waals surface area contributed by atoms with E-state index in [4.69, 9.17) is 4.74 Å². The SMILES string of the molecule is CCCCCC(O)CCCC(=O)OC(C)C. The highest BCUT2D eigenvalue weighted by Crippen LogP contribution is 2.10. The molecule has 16 heavy (non-hydrogen) atoms. The van der Waals surface area contributed by atoms with Crippen molar-refractivity contribution in [2.45, 2.75) is 77.9 Å². The lowest BCUT2D eigenvalue weighted by molar-refractivity contribution is -0.147. The molecule has 3 nitrogen and oxygen atoms in total. The lowest BCUT2D eigenvalue weighted by atomic mass is 10.1. The quantitative estimate of drug-likeness (QED) is 0.489. The second-order valence-corrected chi connectivity index (χ2v) is 4.58. The molecule has 0 radical (unpaired) electrons. The lowest BCUT2D eigenvalue weighted by Gasteiger charge is -2.10. The van der Waals surface area contributed by atoms with Gasteiger partial charge in [0.05, 0.1) is 12.2 Å².